The average Bonchev–Trinajstić information content (AvgIpc) is 3.04. The van der Waals surface area contributed by atoms with Crippen LogP contribution in [0, 0.1) is 6.92 Å². The van der Waals surface area contributed by atoms with Crippen LogP contribution in [0.3, 0.4) is 0 Å². The van der Waals surface area contributed by atoms with Crippen molar-refractivity contribution in [3.8, 4) is 11.5 Å². The van der Waals surface area contributed by atoms with Gasteiger partial charge in [0.05, 0.1) is 19.6 Å². The number of fused-ring (bicyclic) bond motifs is 6. The molecule has 0 N–H and O–H groups in total. The van der Waals surface area contributed by atoms with E-state index in [0.29, 0.717) is 5.92 Å². The molecule has 0 aliphatic heterocycles. The highest BCUT2D eigenvalue weighted by molar-refractivity contribution is 6.31. The maximum Gasteiger partial charge on any atom is 0.131 e. The van der Waals surface area contributed by atoms with Crippen molar-refractivity contribution in [3.63, 3.8) is 0 Å². The normalized spacial score (nSPS) is 14.3. The van der Waals surface area contributed by atoms with Crippen LogP contribution in [0.25, 0.3) is 32.3 Å². The molecule has 4 heteroatoms. The van der Waals surface area contributed by atoms with Gasteiger partial charge in [0.2, 0.25) is 0 Å². The van der Waals surface area contributed by atoms with Gasteiger partial charge in [0.1, 0.15) is 11.5 Å². The van der Waals surface area contributed by atoms with E-state index in [2.05, 4.69) is 72.6 Å². The maximum absolute atomic E-state index is 6.36. The summed E-state index contributed by atoms with van der Waals surface area (Å²) in [4.78, 5) is 4.01. The van der Waals surface area contributed by atoms with E-state index >= 15 is 0 Å². The Labute approximate surface area is 253 Å². The van der Waals surface area contributed by atoms with Gasteiger partial charge in [-0.05, 0) is 118 Å². The standard InChI is InChI=1S/C29H29ClO2.C9H7N/c1-18-10-11-19(16-26(18)30)12-13-20-6-4-7-22-21(20)14-15-23-24-8-5-9-27(31-2)29(24)28(32-3)17-25(22)23;1-2-4-9-7-10-6-5-8(9)3-1/h5,8-11,14-17,20H,4,6-7,12-13H2,1-3H3;1-7H/t20-;/m0./s1. The van der Waals surface area contributed by atoms with E-state index in [1.54, 1.807) is 14.2 Å². The lowest BCUT2D eigenvalue weighted by Crippen LogP contribution is -2.11. The monoisotopic (exact) mass is 573 g/mol. The first-order valence-corrected chi connectivity index (χ1v) is 15.1. The Morgan fingerprint density at radius 2 is 1.64 bits per heavy atom. The number of aryl methyl sites for hydroxylation is 3. The van der Waals surface area contributed by atoms with Crippen molar-refractivity contribution in [2.45, 2.75) is 44.9 Å². The smallest absolute Gasteiger partial charge is 0.131 e. The molecule has 212 valence electrons. The molecule has 1 atom stereocenters. The van der Waals surface area contributed by atoms with Crippen molar-refractivity contribution >= 4 is 43.9 Å². The third-order valence-corrected chi connectivity index (χ3v) is 9.07. The fourth-order valence-electron chi connectivity index (χ4n) is 6.43. The number of methoxy groups -OCH3 is 2. The van der Waals surface area contributed by atoms with Gasteiger partial charge in [-0.2, -0.15) is 0 Å². The Balaban J connectivity index is 0.000000265. The van der Waals surface area contributed by atoms with E-state index in [1.165, 1.54) is 56.5 Å². The van der Waals surface area contributed by atoms with E-state index in [4.69, 9.17) is 21.1 Å². The molecule has 0 saturated heterocycles. The van der Waals surface area contributed by atoms with Gasteiger partial charge in [0.15, 0.2) is 0 Å². The quantitative estimate of drug-likeness (QED) is 0.192. The van der Waals surface area contributed by atoms with Crippen LogP contribution in [0.4, 0.5) is 0 Å². The van der Waals surface area contributed by atoms with Crippen molar-refractivity contribution in [1.29, 1.82) is 0 Å². The van der Waals surface area contributed by atoms with Gasteiger partial charge in [0.25, 0.3) is 0 Å². The zero-order chi connectivity index (χ0) is 29.1. The number of pyridine rings is 1. The van der Waals surface area contributed by atoms with Crippen LogP contribution >= 0.6 is 11.6 Å². The molecule has 6 aromatic rings. The SMILES string of the molecule is COc1cccc2c1c(OC)cc1c3c(ccc12)[C@H](CCc1ccc(C)c(Cl)c1)CCC3.c1ccc2cnccc2c1. The number of rotatable bonds is 5. The number of benzene rings is 5. The molecule has 7 rings (SSSR count). The third-order valence-electron chi connectivity index (χ3n) is 8.66. The lowest BCUT2D eigenvalue weighted by molar-refractivity contribution is 0.405. The molecule has 42 heavy (non-hydrogen) atoms. The average molecular weight is 574 g/mol. The molecular formula is C38H36ClNO2. The molecule has 0 radical (unpaired) electrons. The van der Waals surface area contributed by atoms with Gasteiger partial charge in [-0.3, -0.25) is 4.98 Å². The summed E-state index contributed by atoms with van der Waals surface area (Å²) >= 11 is 6.36. The Kier molecular flexibility index (Phi) is 8.30. The van der Waals surface area contributed by atoms with E-state index in [0.717, 1.165) is 46.7 Å². The molecule has 0 bridgehead atoms. The molecule has 0 fully saturated rings. The van der Waals surface area contributed by atoms with Crippen molar-refractivity contribution in [2.24, 2.45) is 0 Å². The summed E-state index contributed by atoms with van der Waals surface area (Å²) in [7, 11) is 3.47. The highest BCUT2D eigenvalue weighted by atomic mass is 35.5. The third kappa shape index (κ3) is 5.54. The molecule has 1 aliphatic carbocycles. The Hall–Kier alpha value is -4.08. The van der Waals surface area contributed by atoms with Crippen LogP contribution in [-0.2, 0) is 12.8 Å². The predicted octanol–water partition coefficient (Wildman–Crippen LogP) is 10.3. The first-order valence-electron chi connectivity index (χ1n) is 14.7. The summed E-state index contributed by atoms with van der Waals surface area (Å²) in [6.45, 7) is 2.06. The molecule has 5 aromatic carbocycles. The number of hydrogen-bond acceptors (Lipinski definition) is 3. The number of halogens is 1. The number of hydrogen-bond donors (Lipinski definition) is 0. The number of ether oxygens (including phenoxy) is 2. The Morgan fingerprint density at radius 3 is 2.43 bits per heavy atom. The van der Waals surface area contributed by atoms with Gasteiger partial charge in [-0.1, -0.05) is 72.3 Å². The van der Waals surface area contributed by atoms with Crippen LogP contribution in [0.15, 0.2) is 97.3 Å². The summed E-state index contributed by atoms with van der Waals surface area (Å²) in [5, 5.41) is 8.16. The van der Waals surface area contributed by atoms with Crippen molar-refractivity contribution in [1.82, 2.24) is 4.98 Å². The molecule has 3 nitrogen and oxygen atoms in total. The Morgan fingerprint density at radius 1 is 0.810 bits per heavy atom. The maximum atomic E-state index is 6.36. The van der Waals surface area contributed by atoms with E-state index in [1.807, 2.05) is 36.7 Å². The predicted molar refractivity (Wildman–Crippen MR) is 176 cm³/mol. The molecule has 0 spiro atoms. The van der Waals surface area contributed by atoms with Crippen LogP contribution in [0.1, 0.15) is 47.4 Å². The summed E-state index contributed by atoms with van der Waals surface area (Å²) in [6, 6.07) is 29.8. The fraction of sp³-hybridized carbons (Fsp3) is 0.237. The van der Waals surface area contributed by atoms with E-state index in [9.17, 15) is 0 Å². The Bertz CT molecular complexity index is 1810. The second-order valence-corrected chi connectivity index (χ2v) is 11.5. The molecule has 0 amide bonds. The summed E-state index contributed by atoms with van der Waals surface area (Å²) in [5.41, 5.74) is 5.46. The lowest BCUT2D eigenvalue weighted by atomic mass is 9.77. The first-order chi connectivity index (χ1) is 20.6. The number of nitrogens with zero attached hydrogens (tertiary/aromatic N) is 1. The molecule has 1 heterocycles. The molecule has 1 aromatic heterocycles. The highest BCUT2D eigenvalue weighted by Gasteiger charge is 2.23. The topological polar surface area (TPSA) is 31.4 Å². The minimum absolute atomic E-state index is 0.579. The molecule has 0 saturated carbocycles. The zero-order valence-corrected chi connectivity index (χ0v) is 25.2. The van der Waals surface area contributed by atoms with E-state index in [-0.39, 0.29) is 0 Å². The zero-order valence-electron chi connectivity index (χ0n) is 24.5. The highest BCUT2D eigenvalue weighted by Crippen LogP contribution is 2.44. The van der Waals surface area contributed by atoms with Gasteiger partial charge in [0, 0.05) is 17.4 Å². The van der Waals surface area contributed by atoms with Crippen LogP contribution < -0.4 is 9.47 Å². The first kappa shape index (κ1) is 28.1. The lowest BCUT2D eigenvalue weighted by Gasteiger charge is -2.27. The summed E-state index contributed by atoms with van der Waals surface area (Å²) in [6.07, 6.45) is 9.48. The summed E-state index contributed by atoms with van der Waals surface area (Å²) < 4.78 is 11.5. The van der Waals surface area contributed by atoms with Crippen LogP contribution in [0.5, 0.6) is 11.5 Å². The van der Waals surface area contributed by atoms with Crippen molar-refractivity contribution in [2.75, 3.05) is 14.2 Å². The second-order valence-electron chi connectivity index (χ2n) is 11.1. The minimum atomic E-state index is 0.579. The second kappa shape index (κ2) is 12.4. The van der Waals surface area contributed by atoms with Gasteiger partial charge < -0.3 is 9.47 Å². The molecular weight excluding hydrogens is 538 g/mol. The molecule has 0 unspecified atom stereocenters. The van der Waals surface area contributed by atoms with Crippen molar-refractivity contribution in [3.05, 3.63) is 125 Å². The number of aromatic nitrogens is 1. The van der Waals surface area contributed by atoms with Gasteiger partial charge in [-0.15, -0.1) is 0 Å². The minimum Gasteiger partial charge on any atom is -0.496 e. The van der Waals surface area contributed by atoms with E-state index < -0.39 is 0 Å². The van der Waals surface area contributed by atoms with Crippen LogP contribution in [0.2, 0.25) is 5.02 Å². The summed E-state index contributed by atoms with van der Waals surface area (Å²) in [5.74, 6) is 2.32. The molecule has 1 aliphatic rings. The largest absolute Gasteiger partial charge is 0.496 e. The van der Waals surface area contributed by atoms with Crippen molar-refractivity contribution < 1.29 is 9.47 Å². The fourth-order valence-corrected chi connectivity index (χ4v) is 6.63. The van der Waals surface area contributed by atoms with Crippen LogP contribution in [-0.4, -0.2) is 19.2 Å². The van der Waals surface area contributed by atoms with Gasteiger partial charge >= 0.3 is 0 Å². The van der Waals surface area contributed by atoms with Gasteiger partial charge in [-0.25, -0.2) is 0 Å².